The van der Waals surface area contributed by atoms with E-state index in [1.54, 1.807) is 56.6 Å². The Morgan fingerprint density at radius 2 is 1.90 bits per heavy atom. The van der Waals surface area contributed by atoms with Crippen LogP contribution in [0.25, 0.3) is 0 Å². The molecule has 1 N–H and O–H groups in total. The van der Waals surface area contributed by atoms with E-state index in [0.717, 1.165) is 5.56 Å². The fourth-order valence-electron chi connectivity index (χ4n) is 3.89. The summed E-state index contributed by atoms with van der Waals surface area (Å²) < 4.78 is 16.0. The largest absolute Gasteiger partial charge is 0.497 e. The molecule has 2 aromatic carbocycles. The highest BCUT2D eigenvalue weighted by Crippen LogP contribution is 2.40. The van der Waals surface area contributed by atoms with E-state index in [1.165, 1.54) is 0 Å². The first-order valence-corrected chi connectivity index (χ1v) is 10.4. The van der Waals surface area contributed by atoms with Crippen LogP contribution in [0.3, 0.4) is 0 Å². The van der Waals surface area contributed by atoms with Crippen LogP contribution in [-0.4, -0.2) is 64.3 Å². The van der Waals surface area contributed by atoms with Crippen molar-refractivity contribution in [3.8, 4) is 11.5 Å². The Labute approximate surface area is 187 Å². The predicted octanol–water partition coefficient (Wildman–Crippen LogP) is 2.98. The molecular weight excluding hydrogens is 420 g/mol. The number of hydrogen-bond donors (Lipinski definition) is 1. The third kappa shape index (κ3) is 5.29. The van der Waals surface area contributed by atoms with Crippen LogP contribution in [0, 0.1) is 5.92 Å². The Balaban J connectivity index is 1.92. The molecule has 1 aliphatic heterocycles. The van der Waals surface area contributed by atoms with Crippen LogP contribution in [0.5, 0.6) is 11.5 Å². The normalized spacial score (nSPS) is 18.0. The predicted molar refractivity (Wildman–Crippen MR) is 118 cm³/mol. The van der Waals surface area contributed by atoms with Gasteiger partial charge in [-0.2, -0.15) is 0 Å². The molecule has 0 saturated carbocycles. The number of likely N-dealkylation sites (tertiary alicyclic amines) is 1. The van der Waals surface area contributed by atoms with Crippen LogP contribution in [0.2, 0.25) is 5.02 Å². The summed E-state index contributed by atoms with van der Waals surface area (Å²) in [6.45, 7) is 1.47. The molecule has 3 rings (SSSR count). The molecule has 166 valence electrons. The van der Waals surface area contributed by atoms with Crippen molar-refractivity contribution in [3.05, 3.63) is 58.6 Å². The molecule has 2 amide bonds. The maximum Gasteiger partial charge on any atom is 0.253 e. The molecule has 2 atom stereocenters. The first-order chi connectivity index (χ1) is 15.0. The van der Waals surface area contributed by atoms with E-state index in [2.05, 4.69) is 5.32 Å². The number of halogens is 1. The third-order valence-electron chi connectivity index (χ3n) is 5.46. The number of carbonyl (C=O) groups is 2. The lowest BCUT2D eigenvalue weighted by atomic mass is 9.87. The molecule has 1 heterocycles. The smallest absolute Gasteiger partial charge is 0.253 e. The number of hydrogen-bond acceptors (Lipinski definition) is 5. The Hall–Kier alpha value is -2.77. The highest BCUT2D eigenvalue weighted by Gasteiger charge is 2.41. The second-order valence-corrected chi connectivity index (χ2v) is 7.76. The fourth-order valence-corrected chi connectivity index (χ4v) is 4.08. The van der Waals surface area contributed by atoms with Crippen molar-refractivity contribution in [2.75, 3.05) is 47.6 Å². The van der Waals surface area contributed by atoms with Crippen LogP contribution >= 0.6 is 11.6 Å². The first-order valence-electron chi connectivity index (χ1n) is 10.0. The van der Waals surface area contributed by atoms with Gasteiger partial charge in [-0.3, -0.25) is 9.59 Å². The Kier molecular flexibility index (Phi) is 7.76. The molecule has 0 aromatic heterocycles. The number of benzene rings is 2. The molecular formula is C23H27ClN2O5. The molecule has 0 spiro atoms. The number of ether oxygens (including phenoxy) is 3. The lowest BCUT2D eigenvalue weighted by Gasteiger charge is -2.21. The Morgan fingerprint density at radius 3 is 2.58 bits per heavy atom. The van der Waals surface area contributed by atoms with E-state index in [-0.39, 0.29) is 24.3 Å². The quantitative estimate of drug-likeness (QED) is 0.631. The minimum absolute atomic E-state index is 0.131. The van der Waals surface area contributed by atoms with E-state index in [4.69, 9.17) is 25.8 Å². The molecule has 2 unspecified atom stereocenters. The van der Waals surface area contributed by atoms with Crippen LogP contribution < -0.4 is 14.8 Å². The summed E-state index contributed by atoms with van der Waals surface area (Å²) in [5, 5.41) is 3.40. The minimum atomic E-state index is -0.444. The van der Waals surface area contributed by atoms with Crippen molar-refractivity contribution in [1.29, 1.82) is 0 Å². The number of carbonyl (C=O) groups excluding carboxylic acids is 2. The molecule has 0 bridgehead atoms. The minimum Gasteiger partial charge on any atom is -0.497 e. The maximum atomic E-state index is 13.1. The summed E-state index contributed by atoms with van der Waals surface area (Å²) in [5.74, 6) is 0.318. The molecule has 0 aliphatic carbocycles. The highest BCUT2D eigenvalue weighted by atomic mass is 35.5. The van der Waals surface area contributed by atoms with Gasteiger partial charge in [0.2, 0.25) is 5.91 Å². The molecule has 1 aliphatic rings. The van der Waals surface area contributed by atoms with Crippen molar-refractivity contribution < 1.29 is 23.8 Å². The fraction of sp³-hybridized carbons (Fsp3) is 0.391. The van der Waals surface area contributed by atoms with E-state index < -0.39 is 5.92 Å². The van der Waals surface area contributed by atoms with E-state index in [9.17, 15) is 9.59 Å². The molecule has 31 heavy (non-hydrogen) atoms. The van der Waals surface area contributed by atoms with Gasteiger partial charge < -0.3 is 24.4 Å². The van der Waals surface area contributed by atoms with Crippen molar-refractivity contribution in [2.24, 2.45) is 5.92 Å². The molecule has 2 aromatic rings. The van der Waals surface area contributed by atoms with Gasteiger partial charge in [-0.15, -0.1) is 0 Å². The van der Waals surface area contributed by atoms with Crippen LogP contribution in [0.15, 0.2) is 42.5 Å². The van der Waals surface area contributed by atoms with Gasteiger partial charge in [-0.1, -0.05) is 17.7 Å². The Morgan fingerprint density at radius 1 is 1.10 bits per heavy atom. The Bertz CT molecular complexity index is 936. The third-order valence-corrected chi connectivity index (χ3v) is 5.69. The molecule has 7 nitrogen and oxygen atoms in total. The summed E-state index contributed by atoms with van der Waals surface area (Å²) in [4.78, 5) is 27.9. The zero-order valence-corrected chi connectivity index (χ0v) is 18.6. The van der Waals surface area contributed by atoms with Gasteiger partial charge in [-0.25, -0.2) is 0 Å². The lowest BCUT2D eigenvalue weighted by Crippen LogP contribution is -2.37. The van der Waals surface area contributed by atoms with Crippen molar-refractivity contribution >= 4 is 23.4 Å². The van der Waals surface area contributed by atoms with Gasteiger partial charge in [-0.05, 0) is 36.4 Å². The number of rotatable bonds is 8. The average Bonchev–Trinajstić information content (AvgIpc) is 3.23. The molecule has 1 saturated heterocycles. The summed E-state index contributed by atoms with van der Waals surface area (Å²) in [6.07, 6.45) is 0. The van der Waals surface area contributed by atoms with Gasteiger partial charge in [0.25, 0.3) is 5.91 Å². The second-order valence-electron chi connectivity index (χ2n) is 7.33. The van der Waals surface area contributed by atoms with E-state index in [0.29, 0.717) is 41.8 Å². The second kappa shape index (κ2) is 10.5. The van der Waals surface area contributed by atoms with Crippen LogP contribution in [-0.2, 0) is 9.53 Å². The summed E-state index contributed by atoms with van der Waals surface area (Å²) in [6, 6.07) is 12.3. The van der Waals surface area contributed by atoms with Gasteiger partial charge >= 0.3 is 0 Å². The summed E-state index contributed by atoms with van der Waals surface area (Å²) in [5.41, 5.74) is 1.32. The van der Waals surface area contributed by atoms with Crippen LogP contribution in [0.4, 0.5) is 0 Å². The SMILES string of the molecule is COCCNC(=O)C1CN(C(=O)c2cccc(Cl)c2)CC1c1cc(OC)ccc1OC. The van der Waals surface area contributed by atoms with Gasteiger partial charge in [0.1, 0.15) is 11.5 Å². The van der Waals surface area contributed by atoms with Gasteiger partial charge in [0, 0.05) is 48.8 Å². The van der Waals surface area contributed by atoms with Crippen molar-refractivity contribution in [1.82, 2.24) is 10.2 Å². The zero-order chi connectivity index (χ0) is 22.4. The standard InChI is InChI=1S/C23H27ClN2O5/c1-29-10-9-25-22(27)20-14-26(23(28)15-5-4-6-16(24)11-15)13-19(20)18-12-17(30-2)7-8-21(18)31-3/h4-8,11-12,19-20H,9-10,13-14H2,1-3H3,(H,25,27). The number of amides is 2. The topological polar surface area (TPSA) is 77.1 Å². The van der Waals surface area contributed by atoms with Gasteiger partial charge in [0.15, 0.2) is 0 Å². The maximum absolute atomic E-state index is 13.1. The average molecular weight is 447 g/mol. The summed E-state index contributed by atoms with van der Waals surface area (Å²) in [7, 11) is 4.75. The van der Waals surface area contributed by atoms with Gasteiger partial charge in [0.05, 0.1) is 26.7 Å². The number of nitrogens with zero attached hydrogens (tertiary/aromatic N) is 1. The highest BCUT2D eigenvalue weighted by molar-refractivity contribution is 6.30. The van der Waals surface area contributed by atoms with Crippen molar-refractivity contribution in [2.45, 2.75) is 5.92 Å². The number of methoxy groups -OCH3 is 3. The number of nitrogens with one attached hydrogen (secondary N) is 1. The molecule has 0 radical (unpaired) electrons. The molecule has 1 fully saturated rings. The lowest BCUT2D eigenvalue weighted by molar-refractivity contribution is -0.125. The van der Waals surface area contributed by atoms with Crippen LogP contribution in [0.1, 0.15) is 21.8 Å². The van der Waals surface area contributed by atoms with E-state index in [1.807, 2.05) is 12.1 Å². The first kappa shape index (κ1) is 22.9. The van der Waals surface area contributed by atoms with Crippen molar-refractivity contribution in [3.63, 3.8) is 0 Å². The molecule has 8 heteroatoms. The monoisotopic (exact) mass is 446 g/mol. The van der Waals surface area contributed by atoms with E-state index >= 15 is 0 Å². The summed E-state index contributed by atoms with van der Waals surface area (Å²) >= 11 is 6.07. The zero-order valence-electron chi connectivity index (χ0n) is 17.9.